The zero-order valence-electron chi connectivity index (χ0n) is 14.4. The predicted octanol–water partition coefficient (Wildman–Crippen LogP) is 1.69. The van der Waals surface area contributed by atoms with Crippen LogP contribution in [-0.4, -0.2) is 56.3 Å². The van der Waals surface area contributed by atoms with Crippen molar-refractivity contribution in [2.45, 2.75) is 25.9 Å². The highest BCUT2D eigenvalue weighted by molar-refractivity contribution is 5.92. The van der Waals surface area contributed by atoms with E-state index in [0.717, 1.165) is 18.7 Å². The van der Waals surface area contributed by atoms with E-state index >= 15 is 0 Å². The number of hydrogen-bond acceptors (Lipinski definition) is 5. The Morgan fingerprint density at radius 2 is 1.96 bits per heavy atom. The summed E-state index contributed by atoms with van der Waals surface area (Å²) >= 11 is 0. The van der Waals surface area contributed by atoms with E-state index < -0.39 is 0 Å². The summed E-state index contributed by atoms with van der Waals surface area (Å²) in [6.07, 6.45) is 3.40. The van der Waals surface area contributed by atoms with Crippen LogP contribution < -0.4 is 19.5 Å². The van der Waals surface area contributed by atoms with Gasteiger partial charge in [-0.1, -0.05) is 0 Å². The first-order valence-corrected chi connectivity index (χ1v) is 8.27. The number of carbonyl (C=O) groups excluding carboxylic acids is 1. The molecular weight excluding hydrogens is 308 g/mol. The number of ether oxygens (including phenoxy) is 3. The first-order valence-electron chi connectivity index (χ1n) is 8.27. The standard InChI is InChI=1S/C18H24N2O4/c1-12-10-20(11-13(2)19-12)17(21)5-4-14-8-15(22-3)18-16(9-14)23-6-7-24-18/h4-5,8-9,12-13,19H,6-7,10-11H2,1-3H3/b5-4+. The number of amides is 1. The van der Waals surface area contributed by atoms with Gasteiger partial charge in [-0.3, -0.25) is 4.79 Å². The van der Waals surface area contributed by atoms with Gasteiger partial charge in [-0.25, -0.2) is 0 Å². The van der Waals surface area contributed by atoms with Gasteiger partial charge in [0.05, 0.1) is 7.11 Å². The van der Waals surface area contributed by atoms with Gasteiger partial charge in [0.1, 0.15) is 13.2 Å². The summed E-state index contributed by atoms with van der Waals surface area (Å²) in [5, 5.41) is 3.42. The second-order valence-electron chi connectivity index (χ2n) is 6.29. The lowest BCUT2D eigenvalue weighted by atomic mass is 10.1. The van der Waals surface area contributed by atoms with Gasteiger partial charge in [-0.05, 0) is 37.6 Å². The van der Waals surface area contributed by atoms with Crippen LogP contribution in [0.4, 0.5) is 0 Å². The molecule has 1 amide bonds. The van der Waals surface area contributed by atoms with Crippen LogP contribution in [0.2, 0.25) is 0 Å². The van der Waals surface area contributed by atoms with Gasteiger partial charge in [0.25, 0.3) is 0 Å². The van der Waals surface area contributed by atoms with E-state index in [-0.39, 0.29) is 5.91 Å². The summed E-state index contributed by atoms with van der Waals surface area (Å²) in [5.41, 5.74) is 0.848. The summed E-state index contributed by atoms with van der Waals surface area (Å²) in [5.74, 6) is 1.90. The molecule has 2 aliphatic heterocycles. The smallest absolute Gasteiger partial charge is 0.246 e. The summed E-state index contributed by atoms with van der Waals surface area (Å²) in [6.45, 7) is 6.64. The van der Waals surface area contributed by atoms with Crippen molar-refractivity contribution < 1.29 is 19.0 Å². The maximum Gasteiger partial charge on any atom is 0.246 e. The van der Waals surface area contributed by atoms with Crippen LogP contribution in [0.1, 0.15) is 19.4 Å². The van der Waals surface area contributed by atoms with Gasteiger partial charge in [-0.2, -0.15) is 0 Å². The minimum absolute atomic E-state index is 0.0176. The quantitative estimate of drug-likeness (QED) is 0.854. The minimum Gasteiger partial charge on any atom is -0.493 e. The van der Waals surface area contributed by atoms with Gasteiger partial charge in [0.15, 0.2) is 11.5 Å². The van der Waals surface area contributed by atoms with Crippen LogP contribution in [0.25, 0.3) is 6.08 Å². The third kappa shape index (κ3) is 3.64. The highest BCUT2D eigenvalue weighted by Crippen LogP contribution is 2.40. The summed E-state index contributed by atoms with van der Waals surface area (Å²) < 4.78 is 16.6. The Bertz CT molecular complexity index is 617. The second kappa shape index (κ2) is 7.13. The average Bonchev–Trinajstić information content (AvgIpc) is 2.58. The lowest BCUT2D eigenvalue weighted by Crippen LogP contribution is -2.55. The van der Waals surface area contributed by atoms with Crippen LogP contribution >= 0.6 is 0 Å². The Morgan fingerprint density at radius 3 is 2.67 bits per heavy atom. The molecule has 3 rings (SSSR count). The fourth-order valence-corrected chi connectivity index (χ4v) is 3.17. The number of fused-ring (bicyclic) bond motifs is 1. The van der Waals surface area contributed by atoms with E-state index in [1.54, 1.807) is 19.3 Å². The molecule has 6 nitrogen and oxygen atoms in total. The molecule has 6 heteroatoms. The topological polar surface area (TPSA) is 60.0 Å². The van der Waals surface area contributed by atoms with Gasteiger partial charge >= 0.3 is 0 Å². The van der Waals surface area contributed by atoms with Crippen molar-refractivity contribution in [3.05, 3.63) is 23.8 Å². The number of benzene rings is 1. The first kappa shape index (κ1) is 16.6. The Labute approximate surface area is 142 Å². The first-order chi connectivity index (χ1) is 11.6. The van der Waals surface area contributed by atoms with E-state index in [9.17, 15) is 4.79 Å². The van der Waals surface area contributed by atoms with E-state index in [1.165, 1.54) is 0 Å². The van der Waals surface area contributed by atoms with Crippen molar-refractivity contribution in [3.8, 4) is 17.2 Å². The normalized spacial score (nSPS) is 23.4. The SMILES string of the molecule is COc1cc(/C=C/C(=O)N2CC(C)NC(C)C2)cc2c1OCCO2. The summed E-state index contributed by atoms with van der Waals surface area (Å²) in [6, 6.07) is 4.32. The van der Waals surface area contributed by atoms with Crippen LogP contribution in [0.3, 0.4) is 0 Å². The maximum atomic E-state index is 12.4. The van der Waals surface area contributed by atoms with E-state index in [1.807, 2.05) is 17.0 Å². The number of carbonyl (C=O) groups is 1. The molecule has 0 radical (unpaired) electrons. The van der Waals surface area contributed by atoms with E-state index in [2.05, 4.69) is 19.2 Å². The molecule has 130 valence electrons. The maximum absolute atomic E-state index is 12.4. The zero-order chi connectivity index (χ0) is 17.1. The number of nitrogens with one attached hydrogen (secondary N) is 1. The van der Waals surface area contributed by atoms with Crippen molar-refractivity contribution in [2.75, 3.05) is 33.4 Å². The predicted molar refractivity (Wildman–Crippen MR) is 91.7 cm³/mol. The van der Waals surface area contributed by atoms with Gasteiger partial charge in [0.2, 0.25) is 11.7 Å². The number of nitrogens with zero attached hydrogens (tertiary/aromatic N) is 1. The highest BCUT2D eigenvalue weighted by Gasteiger charge is 2.23. The van der Waals surface area contributed by atoms with E-state index in [4.69, 9.17) is 14.2 Å². The highest BCUT2D eigenvalue weighted by atomic mass is 16.6. The molecule has 2 atom stereocenters. The average molecular weight is 332 g/mol. The third-order valence-electron chi connectivity index (χ3n) is 4.14. The number of rotatable bonds is 3. The molecule has 0 spiro atoms. The van der Waals surface area contributed by atoms with Crippen molar-refractivity contribution in [1.29, 1.82) is 0 Å². The number of methoxy groups -OCH3 is 1. The number of piperazine rings is 1. The molecule has 0 bridgehead atoms. The second-order valence-corrected chi connectivity index (χ2v) is 6.29. The van der Waals surface area contributed by atoms with Crippen LogP contribution in [0.15, 0.2) is 18.2 Å². The van der Waals surface area contributed by atoms with Crippen LogP contribution in [0.5, 0.6) is 17.2 Å². The molecule has 0 aliphatic carbocycles. The number of hydrogen-bond donors (Lipinski definition) is 1. The van der Waals surface area contributed by atoms with Crippen LogP contribution in [-0.2, 0) is 4.79 Å². The minimum atomic E-state index is 0.0176. The summed E-state index contributed by atoms with van der Waals surface area (Å²) in [7, 11) is 1.59. The molecule has 2 unspecified atom stereocenters. The van der Waals surface area contributed by atoms with Gasteiger partial charge < -0.3 is 24.4 Å². The Hall–Kier alpha value is -2.21. The molecule has 1 N–H and O–H groups in total. The largest absolute Gasteiger partial charge is 0.493 e. The fourth-order valence-electron chi connectivity index (χ4n) is 3.17. The van der Waals surface area contributed by atoms with Gasteiger partial charge in [0, 0.05) is 31.2 Å². The molecular formula is C18H24N2O4. The Balaban J connectivity index is 1.75. The molecule has 2 aliphatic rings. The zero-order valence-corrected chi connectivity index (χ0v) is 14.4. The van der Waals surface area contributed by atoms with Crippen molar-refractivity contribution in [3.63, 3.8) is 0 Å². The molecule has 1 aromatic carbocycles. The van der Waals surface area contributed by atoms with Crippen molar-refractivity contribution in [1.82, 2.24) is 10.2 Å². The molecule has 0 saturated carbocycles. The molecule has 0 aromatic heterocycles. The molecule has 24 heavy (non-hydrogen) atoms. The molecule has 1 aromatic rings. The molecule has 1 saturated heterocycles. The third-order valence-corrected chi connectivity index (χ3v) is 4.14. The Morgan fingerprint density at radius 1 is 1.25 bits per heavy atom. The summed E-state index contributed by atoms with van der Waals surface area (Å²) in [4.78, 5) is 14.3. The lowest BCUT2D eigenvalue weighted by Gasteiger charge is -2.35. The van der Waals surface area contributed by atoms with Crippen molar-refractivity contribution in [2.24, 2.45) is 0 Å². The van der Waals surface area contributed by atoms with Gasteiger partial charge in [-0.15, -0.1) is 0 Å². The Kier molecular flexibility index (Phi) is 4.94. The molecule has 2 heterocycles. The fraction of sp³-hybridized carbons (Fsp3) is 0.500. The lowest BCUT2D eigenvalue weighted by molar-refractivity contribution is -0.127. The monoisotopic (exact) mass is 332 g/mol. The molecule has 1 fully saturated rings. The van der Waals surface area contributed by atoms with Crippen LogP contribution in [0, 0.1) is 0 Å². The van der Waals surface area contributed by atoms with E-state index in [0.29, 0.717) is 42.5 Å². The van der Waals surface area contributed by atoms with Crippen molar-refractivity contribution >= 4 is 12.0 Å².